The van der Waals surface area contributed by atoms with Crippen molar-refractivity contribution >= 4 is 16.8 Å². The SMILES string of the molecule is O=C(NC1CN2CCC1CC2)c1n[nH]c2ccc(-c3ccccc3)cc12. The topological polar surface area (TPSA) is 61.0 Å². The molecular formula is C21H22N4O. The van der Waals surface area contributed by atoms with E-state index in [4.69, 9.17) is 0 Å². The second-order valence-corrected chi connectivity index (χ2v) is 7.42. The zero-order valence-corrected chi connectivity index (χ0v) is 14.6. The maximum Gasteiger partial charge on any atom is 0.272 e. The minimum atomic E-state index is -0.0692. The number of nitrogens with one attached hydrogen (secondary N) is 2. The van der Waals surface area contributed by atoms with Gasteiger partial charge in [0.05, 0.1) is 5.52 Å². The van der Waals surface area contributed by atoms with Gasteiger partial charge in [-0.1, -0.05) is 36.4 Å². The molecule has 3 aromatic rings. The summed E-state index contributed by atoms with van der Waals surface area (Å²) >= 11 is 0. The lowest BCUT2D eigenvalue weighted by Crippen LogP contribution is -2.57. The summed E-state index contributed by atoms with van der Waals surface area (Å²) in [7, 11) is 0. The van der Waals surface area contributed by atoms with Crippen molar-refractivity contribution < 1.29 is 4.79 Å². The Balaban J connectivity index is 1.44. The van der Waals surface area contributed by atoms with Crippen molar-refractivity contribution in [3.8, 4) is 11.1 Å². The maximum absolute atomic E-state index is 12.9. The number of piperidine rings is 3. The monoisotopic (exact) mass is 346 g/mol. The average molecular weight is 346 g/mol. The third-order valence-corrected chi connectivity index (χ3v) is 5.86. The second kappa shape index (κ2) is 6.25. The molecule has 132 valence electrons. The van der Waals surface area contributed by atoms with Crippen LogP contribution in [0.25, 0.3) is 22.0 Å². The van der Waals surface area contributed by atoms with Crippen molar-refractivity contribution in [1.29, 1.82) is 0 Å². The number of benzene rings is 2. The molecule has 5 nitrogen and oxygen atoms in total. The average Bonchev–Trinajstić information content (AvgIpc) is 3.13. The molecule has 0 saturated carbocycles. The molecule has 3 aliphatic heterocycles. The molecule has 2 bridgehead atoms. The van der Waals surface area contributed by atoms with Crippen molar-refractivity contribution in [2.24, 2.45) is 5.92 Å². The molecular weight excluding hydrogens is 324 g/mol. The molecule has 0 aliphatic carbocycles. The van der Waals surface area contributed by atoms with E-state index < -0.39 is 0 Å². The van der Waals surface area contributed by atoms with Gasteiger partial charge in [-0.3, -0.25) is 9.89 Å². The molecule has 4 heterocycles. The second-order valence-electron chi connectivity index (χ2n) is 7.42. The zero-order chi connectivity index (χ0) is 17.5. The summed E-state index contributed by atoms with van der Waals surface area (Å²) in [5.41, 5.74) is 3.62. The van der Waals surface area contributed by atoms with Crippen molar-refractivity contribution in [1.82, 2.24) is 20.4 Å². The molecule has 3 saturated heterocycles. The van der Waals surface area contributed by atoms with E-state index in [1.807, 2.05) is 24.3 Å². The molecule has 26 heavy (non-hydrogen) atoms. The van der Waals surface area contributed by atoms with Gasteiger partial charge in [0, 0.05) is 18.0 Å². The van der Waals surface area contributed by atoms with Gasteiger partial charge < -0.3 is 10.2 Å². The van der Waals surface area contributed by atoms with E-state index in [1.165, 1.54) is 25.9 Å². The van der Waals surface area contributed by atoms with E-state index in [1.54, 1.807) is 0 Å². The van der Waals surface area contributed by atoms with E-state index in [9.17, 15) is 4.79 Å². The van der Waals surface area contributed by atoms with E-state index in [-0.39, 0.29) is 11.9 Å². The van der Waals surface area contributed by atoms with Gasteiger partial charge in [-0.05, 0) is 55.1 Å². The van der Waals surface area contributed by atoms with Gasteiger partial charge >= 0.3 is 0 Å². The molecule has 1 unspecified atom stereocenters. The van der Waals surface area contributed by atoms with Crippen LogP contribution in [0.2, 0.25) is 0 Å². The van der Waals surface area contributed by atoms with Crippen LogP contribution in [0.15, 0.2) is 48.5 Å². The number of hydrogen-bond acceptors (Lipinski definition) is 3. The van der Waals surface area contributed by atoms with Gasteiger partial charge in [0.2, 0.25) is 0 Å². The van der Waals surface area contributed by atoms with Gasteiger partial charge in [0.1, 0.15) is 0 Å². The van der Waals surface area contributed by atoms with E-state index in [2.05, 4.69) is 44.7 Å². The number of nitrogens with zero attached hydrogens (tertiary/aromatic N) is 2. The highest BCUT2D eigenvalue weighted by atomic mass is 16.2. The minimum absolute atomic E-state index is 0.0692. The predicted octanol–water partition coefficient (Wildman–Crippen LogP) is 3.05. The van der Waals surface area contributed by atoms with Gasteiger partial charge in [0.15, 0.2) is 5.69 Å². The van der Waals surface area contributed by atoms with Crippen molar-refractivity contribution in [3.63, 3.8) is 0 Å². The Labute approximate surface area is 152 Å². The molecule has 2 N–H and O–H groups in total. The van der Waals surface area contributed by atoms with Crippen molar-refractivity contribution in [2.75, 3.05) is 19.6 Å². The fourth-order valence-corrected chi connectivity index (χ4v) is 4.36. The van der Waals surface area contributed by atoms with Crippen LogP contribution < -0.4 is 5.32 Å². The number of aromatic nitrogens is 2. The van der Waals surface area contributed by atoms with Crippen LogP contribution in [-0.2, 0) is 0 Å². The van der Waals surface area contributed by atoms with Crippen molar-refractivity contribution in [3.05, 3.63) is 54.2 Å². The number of rotatable bonds is 3. The summed E-state index contributed by atoms with van der Waals surface area (Å²) in [4.78, 5) is 15.3. The Morgan fingerprint density at radius 2 is 1.88 bits per heavy atom. The van der Waals surface area contributed by atoms with Crippen LogP contribution in [0.4, 0.5) is 0 Å². The summed E-state index contributed by atoms with van der Waals surface area (Å²) in [6.45, 7) is 3.31. The normalized spacial score (nSPS) is 24.7. The minimum Gasteiger partial charge on any atom is -0.346 e. The zero-order valence-electron chi connectivity index (χ0n) is 14.6. The van der Waals surface area contributed by atoms with Crippen LogP contribution in [0.1, 0.15) is 23.3 Å². The first-order valence-electron chi connectivity index (χ1n) is 9.35. The van der Waals surface area contributed by atoms with Crippen LogP contribution in [0.5, 0.6) is 0 Å². The van der Waals surface area contributed by atoms with Crippen LogP contribution >= 0.6 is 0 Å². The Morgan fingerprint density at radius 3 is 2.62 bits per heavy atom. The van der Waals surface area contributed by atoms with Gasteiger partial charge in [-0.15, -0.1) is 0 Å². The van der Waals surface area contributed by atoms with Crippen LogP contribution in [-0.4, -0.2) is 46.7 Å². The molecule has 1 atom stereocenters. The molecule has 0 spiro atoms. The Bertz CT molecular complexity index is 941. The summed E-state index contributed by atoms with van der Waals surface area (Å²) in [6.07, 6.45) is 2.37. The summed E-state index contributed by atoms with van der Waals surface area (Å²) in [5.74, 6) is 0.536. The number of carbonyl (C=O) groups is 1. The van der Waals surface area contributed by atoms with Crippen LogP contribution in [0, 0.1) is 5.92 Å². The third-order valence-electron chi connectivity index (χ3n) is 5.86. The fraction of sp³-hybridized carbons (Fsp3) is 0.333. The highest BCUT2D eigenvalue weighted by molar-refractivity contribution is 6.05. The van der Waals surface area contributed by atoms with Gasteiger partial charge in [-0.25, -0.2) is 0 Å². The predicted molar refractivity (Wildman–Crippen MR) is 102 cm³/mol. The first-order chi connectivity index (χ1) is 12.8. The van der Waals surface area contributed by atoms with Crippen LogP contribution in [0.3, 0.4) is 0 Å². The molecule has 5 heteroatoms. The lowest BCUT2D eigenvalue weighted by atomic mass is 9.84. The Kier molecular flexibility index (Phi) is 3.75. The lowest BCUT2D eigenvalue weighted by Gasteiger charge is -2.44. The Hall–Kier alpha value is -2.66. The van der Waals surface area contributed by atoms with Crippen molar-refractivity contribution in [2.45, 2.75) is 18.9 Å². The lowest BCUT2D eigenvalue weighted by molar-refractivity contribution is 0.0618. The number of carbonyl (C=O) groups excluding carboxylic acids is 1. The molecule has 3 aliphatic rings. The van der Waals surface area contributed by atoms with Gasteiger partial charge in [-0.2, -0.15) is 5.10 Å². The quantitative estimate of drug-likeness (QED) is 0.766. The van der Waals surface area contributed by atoms with E-state index in [0.29, 0.717) is 11.6 Å². The fourth-order valence-electron chi connectivity index (χ4n) is 4.36. The Morgan fingerprint density at radius 1 is 1.08 bits per heavy atom. The number of hydrogen-bond donors (Lipinski definition) is 2. The molecule has 2 aromatic carbocycles. The van der Waals surface area contributed by atoms with E-state index >= 15 is 0 Å². The highest BCUT2D eigenvalue weighted by Crippen LogP contribution is 2.29. The third kappa shape index (κ3) is 2.69. The number of H-pyrrole nitrogens is 1. The largest absolute Gasteiger partial charge is 0.346 e. The molecule has 6 rings (SSSR count). The maximum atomic E-state index is 12.9. The van der Waals surface area contributed by atoms with Gasteiger partial charge in [0.25, 0.3) is 5.91 Å². The first kappa shape index (κ1) is 15.6. The standard InChI is InChI=1S/C21H22N4O/c26-21(22-19-13-25-10-8-15(19)9-11-25)20-17-12-16(6-7-18(17)23-24-20)14-4-2-1-3-5-14/h1-7,12,15,19H,8-11,13H2,(H,22,26)(H,23,24). The number of fused-ring (bicyclic) bond motifs is 4. The number of aromatic amines is 1. The number of amides is 1. The molecule has 1 amide bonds. The smallest absolute Gasteiger partial charge is 0.272 e. The van der Waals surface area contributed by atoms with E-state index in [0.717, 1.165) is 28.6 Å². The summed E-state index contributed by atoms with van der Waals surface area (Å²) < 4.78 is 0. The molecule has 1 aromatic heterocycles. The highest BCUT2D eigenvalue weighted by Gasteiger charge is 2.35. The first-order valence-corrected chi connectivity index (χ1v) is 9.35. The molecule has 0 radical (unpaired) electrons. The molecule has 3 fully saturated rings. The summed E-state index contributed by atoms with van der Waals surface area (Å²) in [6, 6.07) is 16.6. The summed E-state index contributed by atoms with van der Waals surface area (Å²) in [5, 5.41) is 11.4.